The third kappa shape index (κ3) is 4.04. The van der Waals surface area contributed by atoms with Crippen LogP contribution in [0.3, 0.4) is 0 Å². The number of ether oxygens (including phenoxy) is 1. The molecular formula is C15H22N2O2. The first-order chi connectivity index (χ1) is 9.16. The SMILES string of the molecule is Cc1ccc(C(=O)N(C)CCC2CNCCO2)cc1. The van der Waals surface area contributed by atoms with Crippen molar-refractivity contribution in [2.45, 2.75) is 19.4 Å². The van der Waals surface area contributed by atoms with Gasteiger partial charge in [-0.25, -0.2) is 0 Å². The molecular weight excluding hydrogens is 240 g/mol. The minimum absolute atomic E-state index is 0.0729. The summed E-state index contributed by atoms with van der Waals surface area (Å²) < 4.78 is 5.63. The maximum absolute atomic E-state index is 12.2. The van der Waals surface area contributed by atoms with Crippen molar-refractivity contribution in [1.29, 1.82) is 0 Å². The summed E-state index contributed by atoms with van der Waals surface area (Å²) in [4.78, 5) is 14.0. The highest BCUT2D eigenvalue weighted by molar-refractivity contribution is 5.94. The number of hydrogen-bond acceptors (Lipinski definition) is 3. The zero-order valence-electron chi connectivity index (χ0n) is 11.7. The minimum atomic E-state index is 0.0729. The van der Waals surface area contributed by atoms with Crippen LogP contribution >= 0.6 is 0 Å². The smallest absolute Gasteiger partial charge is 0.253 e. The van der Waals surface area contributed by atoms with Crippen molar-refractivity contribution in [2.75, 3.05) is 33.3 Å². The van der Waals surface area contributed by atoms with E-state index in [0.717, 1.165) is 38.2 Å². The molecule has 1 unspecified atom stereocenters. The molecule has 1 saturated heterocycles. The van der Waals surface area contributed by atoms with Gasteiger partial charge in [-0.3, -0.25) is 4.79 Å². The van der Waals surface area contributed by atoms with Crippen molar-refractivity contribution < 1.29 is 9.53 Å². The Morgan fingerprint density at radius 1 is 1.42 bits per heavy atom. The predicted octanol–water partition coefficient (Wildman–Crippen LogP) is 1.45. The second-order valence-corrected chi connectivity index (χ2v) is 5.08. The molecule has 0 saturated carbocycles. The summed E-state index contributed by atoms with van der Waals surface area (Å²) in [5.74, 6) is 0.0729. The first kappa shape index (κ1) is 14.0. The fourth-order valence-corrected chi connectivity index (χ4v) is 2.16. The van der Waals surface area contributed by atoms with Gasteiger partial charge in [-0.15, -0.1) is 0 Å². The molecule has 0 aliphatic carbocycles. The van der Waals surface area contributed by atoms with Gasteiger partial charge in [0.15, 0.2) is 0 Å². The van der Waals surface area contributed by atoms with Crippen LogP contribution in [0.4, 0.5) is 0 Å². The molecule has 1 atom stereocenters. The molecule has 1 N–H and O–H groups in total. The van der Waals surface area contributed by atoms with Gasteiger partial charge in [0.2, 0.25) is 0 Å². The average molecular weight is 262 g/mol. The second-order valence-electron chi connectivity index (χ2n) is 5.08. The Hall–Kier alpha value is -1.39. The summed E-state index contributed by atoms with van der Waals surface area (Å²) in [7, 11) is 1.85. The van der Waals surface area contributed by atoms with E-state index in [1.165, 1.54) is 5.56 Å². The van der Waals surface area contributed by atoms with E-state index in [2.05, 4.69) is 5.32 Å². The van der Waals surface area contributed by atoms with Gasteiger partial charge < -0.3 is 15.0 Å². The lowest BCUT2D eigenvalue weighted by Crippen LogP contribution is -2.40. The predicted molar refractivity (Wildman–Crippen MR) is 75.4 cm³/mol. The molecule has 4 nitrogen and oxygen atoms in total. The number of amides is 1. The fraction of sp³-hybridized carbons (Fsp3) is 0.533. The Balaban J connectivity index is 1.83. The Labute approximate surface area is 114 Å². The molecule has 4 heteroatoms. The summed E-state index contributed by atoms with van der Waals surface area (Å²) in [6.07, 6.45) is 1.10. The number of aryl methyl sites for hydroxylation is 1. The van der Waals surface area contributed by atoms with Gasteiger partial charge in [-0.05, 0) is 25.5 Å². The molecule has 0 bridgehead atoms. The van der Waals surface area contributed by atoms with Crippen molar-refractivity contribution in [3.05, 3.63) is 35.4 Å². The summed E-state index contributed by atoms with van der Waals surface area (Å²) in [5, 5.41) is 3.30. The third-order valence-corrected chi connectivity index (χ3v) is 3.44. The summed E-state index contributed by atoms with van der Waals surface area (Å²) in [6, 6.07) is 7.70. The van der Waals surface area contributed by atoms with E-state index >= 15 is 0 Å². The quantitative estimate of drug-likeness (QED) is 0.893. The highest BCUT2D eigenvalue weighted by Crippen LogP contribution is 2.08. The standard InChI is InChI=1S/C15H22N2O2/c1-12-3-5-13(6-4-12)15(18)17(2)9-7-14-11-16-8-10-19-14/h3-6,14,16H,7-11H2,1-2H3. The van der Waals surface area contributed by atoms with Crippen LogP contribution in [0.15, 0.2) is 24.3 Å². The highest BCUT2D eigenvalue weighted by Gasteiger charge is 2.16. The number of hydrogen-bond donors (Lipinski definition) is 1. The monoisotopic (exact) mass is 262 g/mol. The van der Waals surface area contributed by atoms with Crippen LogP contribution in [0.2, 0.25) is 0 Å². The second kappa shape index (κ2) is 6.68. The van der Waals surface area contributed by atoms with Crippen LogP contribution in [-0.4, -0.2) is 50.2 Å². The lowest BCUT2D eigenvalue weighted by molar-refractivity contribution is 0.0187. The molecule has 0 radical (unpaired) electrons. The number of carbonyl (C=O) groups is 1. The van der Waals surface area contributed by atoms with Gasteiger partial charge in [0.25, 0.3) is 5.91 Å². The number of carbonyl (C=O) groups excluding carboxylic acids is 1. The summed E-state index contributed by atoms with van der Waals surface area (Å²) in [5.41, 5.74) is 1.91. The Kier molecular flexibility index (Phi) is 4.93. The van der Waals surface area contributed by atoms with Crippen molar-refractivity contribution in [1.82, 2.24) is 10.2 Å². The van der Waals surface area contributed by atoms with Gasteiger partial charge in [0.05, 0.1) is 12.7 Å². The molecule has 0 spiro atoms. The van der Waals surface area contributed by atoms with E-state index in [1.54, 1.807) is 4.90 Å². The molecule has 1 fully saturated rings. The molecule has 1 aliphatic heterocycles. The maximum atomic E-state index is 12.2. The highest BCUT2D eigenvalue weighted by atomic mass is 16.5. The number of rotatable bonds is 4. The van der Waals surface area contributed by atoms with Gasteiger partial charge in [0, 0.05) is 32.2 Å². The normalized spacial score (nSPS) is 19.2. The van der Waals surface area contributed by atoms with E-state index in [9.17, 15) is 4.79 Å². The first-order valence-corrected chi connectivity index (χ1v) is 6.81. The van der Waals surface area contributed by atoms with E-state index in [4.69, 9.17) is 4.74 Å². The van der Waals surface area contributed by atoms with Gasteiger partial charge >= 0.3 is 0 Å². The number of nitrogens with one attached hydrogen (secondary N) is 1. The van der Waals surface area contributed by atoms with Gasteiger partial charge in [-0.1, -0.05) is 17.7 Å². The maximum Gasteiger partial charge on any atom is 0.253 e. The minimum Gasteiger partial charge on any atom is -0.376 e. The van der Waals surface area contributed by atoms with E-state index < -0.39 is 0 Å². The Morgan fingerprint density at radius 3 is 2.79 bits per heavy atom. The van der Waals surface area contributed by atoms with E-state index in [0.29, 0.717) is 0 Å². The third-order valence-electron chi connectivity index (χ3n) is 3.44. The van der Waals surface area contributed by atoms with Gasteiger partial charge in [-0.2, -0.15) is 0 Å². The topological polar surface area (TPSA) is 41.6 Å². The van der Waals surface area contributed by atoms with Crippen LogP contribution in [-0.2, 0) is 4.74 Å². The van der Waals surface area contributed by atoms with Crippen molar-refractivity contribution in [2.24, 2.45) is 0 Å². The van der Waals surface area contributed by atoms with Crippen LogP contribution in [0.5, 0.6) is 0 Å². The first-order valence-electron chi connectivity index (χ1n) is 6.81. The zero-order valence-corrected chi connectivity index (χ0v) is 11.7. The molecule has 1 heterocycles. The van der Waals surface area contributed by atoms with Gasteiger partial charge in [0.1, 0.15) is 0 Å². The molecule has 1 amide bonds. The van der Waals surface area contributed by atoms with Crippen LogP contribution in [0.1, 0.15) is 22.3 Å². The number of benzene rings is 1. The van der Waals surface area contributed by atoms with Crippen molar-refractivity contribution in [3.8, 4) is 0 Å². The number of nitrogens with zero attached hydrogens (tertiary/aromatic N) is 1. The molecule has 1 aliphatic rings. The molecule has 104 valence electrons. The Bertz CT molecular complexity index is 411. The lowest BCUT2D eigenvalue weighted by atomic mass is 10.1. The molecule has 0 aromatic heterocycles. The van der Waals surface area contributed by atoms with E-state index in [1.807, 2.05) is 38.2 Å². The number of morpholine rings is 1. The Morgan fingerprint density at radius 2 is 2.16 bits per heavy atom. The molecule has 1 aromatic carbocycles. The molecule has 2 rings (SSSR count). The zero-order chi connectivity index (χ0) is 13.7. The molecule has 19 heavy (non-hydrogen) atoms. The molecule has 1 aromatic rings. The fourth-order valence-electron chi connectivity index (χ4n) is 2.16. The van der Waals surface area contributed by atoms with Crippen LogP contribution in [0.25, 0.3) is 0 Å². The largest absolute Gasteiger partial charge is 0.376 e. The van der Waals surface area contributed by atoms with E-state index in [-0.39, 0.29) is 12.0 Å². The van der Waals surface area contributed by atoms with Crippen LogP contribution in [0, 0.1) is 6.92 Å². The average Bonchev–Trinajstić information content (AvgIpc) is 2.46. The summed E-state index contributed by atoms with van der Waals surface area (Å²) >= 11 is 0. The summed E-state index contributed by atoms with van der Waals surface area (Å²) in [6.45, 7) is 5.31. The van der Waals surface area contributed by atoms with Crippen molar-refractivity contribution >= 4 is 5.91 Å². The lowest BCUT2D eigenvalue weighted by Gasteiger charge is -2.26. The van der Waals surface area contributed by atoms with Crippen molar-refractivity contribution in [3.63, 3.8) is 0 Å². The van der Waals surface area contributed by atoms with Crippen LogP contribution < -0.4 is 5.32 Å².